The van der Waals surface area contributed by atoms with Crippen molar-refractivity contribution in [3.8, 4) is 0 Å². The van der Waals surface area contributed by atoms with E-state index in [4.69, 9.17) is 4.74 Å². The smallest absolute Gasteiger partial charge is 0.246 e. The lowest BCUT2D eigenvalue weighted by Gasteiger charge is -2.15. The lowest BCUT2D eigenvalue weighted by Crippen LogP contribution is -2.32. The van der Waals surface area contributed by atoms with Crippen molar-refractivity contribution in [1.29, 1.82) is 0 Å². The predicted molar refractivity (Wildman–Crippen MR) is 70.9 cm³/mol. The molecular weight excluding hydrogens is 270 g/mol. The Morgan fingerprint density at radius 2 is 2.06 bits per heavy atom. The molecule has 0 fully saturated rings. The molecule has 1 N–H and O–H groups in total. The van der Waals surface area contributed by atoms with Crippen LogP contribution in [0.5, 0.6) is 0 Å². The molecule has 0 aliphatic rings. The zero-order chi connectivity index (χ0) is 12.2. The molecule has 0 saturated heterocycles. The van der Waals surface area contributed by atoms with Gasteiger partial charge in [-0.25, -0.2) is 0 Å². The molecule has 0 spiro atoms. The zero-order valence-corrected chi connectivity index (χ0v) is 12.0. The SMILES string of the molecule is CCCOCC(=O)NCC(CCC)CCBr. The standard InChI is InChI=1S/C12H24BrNO2/c1-3-5-11(6-7-13)9-14-12(15)10-16-8-4-2/h11H,3-10H2,1-2H3,(H,14,15). The van der Waals surface area contributed by atoms with Gasteiger partial charge >= 0.3 is 0 Å². The molecule has 96 valence electrons. The van der Waals surface area contributed by atoms with Gasteiger partial charge in [0, 0.05) is 18.5 Å². The number of hydrogen-bond donors (Lipinski definition) is 1. The summed E-state index contributed by atoms with van der Waals surface area (Å²) in [5.74, 6) is 0.587. The topological polar surface area (TPSA) is 38.3 Å². The van der Waals surface area contributed by atoms with Crippen LogP contribution in [0.1, 0.15) is 39.5 Å². The number of carbonyl (C=O) groups is 1. The first-order valence-corrected chi connectivity index (χ1v) is 7.27. The van der Waals surface area contributed by atoms with Crippen molar-refractivity contribution in [2.45, 2.75) is 39.5 Å². The summed E-state index contributed by atoms with van der Waals surface area (Å²) < 4.78 is 5.18. The van der Waals surface area contributed by atoms with Gasteiger partial charge in [-0.2, -0.15) is 0 Å². The Balaban J connectivity index is 3.60. The molecule has 0 aromatic heterocycles. The molecule has 0 saturated carbocycles. The van der Waals surface area contributed by atoms with E-state index >= 15 is 0 Å². The van der Waals surface area contributed by atoms with Crippen molar-refractivity contribution in [2.75, 3.05) is 25.1 Å². The second-order valence-corrected chi connectivity index (χ2v) is 4.78. The second kappa shape index (κ2) is 11.4. The van der Waals surface area contributed by atoms with Crippen molar-refractivity contribution in [1.82, 2.24) is 5.32 Å². The van der Waals surface area contributed by atoms with Gasteiger partial charge in [-0.15, -0.1) is 0 Å². The average molecular weight is 294 g/mol. The van der Waals surface area contributed by atoms with Crippen LogP contribution in [0.4, 0.5) is 0 Å². The van der Waals surface area contributed by atoms with Gasteiger partial charge in [0.2, 0.25) is 5.91 Å². The monoisotopic (exact) mass is 293 g/mol. The third kappa shape index (κ3) is 9.16. The fourth-order valence-electron chi connectivity index (χ4n) is 1.53. The van der Waals surface area contributed by atoms with Gasteiger partial charge < -0.3 is 10.1 Å². The minimum Gasteiger partial charge on any atom is -0.372 e. The second-order valence-electron chi connectivity index (χ2n) is 3.99. The Bertz CT molecular complexity index is 170. The van der Waals surface area contributed by atoms with Crippen LogP contribution in [0.25, 0.3) is 0 Å². The van der Waals surface area contributed by atoms with Crippen LogP contribution in [0, 0.1) is 5.92 Å². The normalized spacial score (nSPS) is 12.4. The zero-order valence-electron chi connectivity index (χ0n) is 10.4. The van der Waals surface area contributed by atoms with Crippen LogP contribution in [-0.2, 0) is 9.53 Å². The first kappa shape index (κ1) is 15.9. The molecule has 0 heterocycles. The van der Waals surface area contributed by atoms with E-state index in [1.54, 1.807) is 0 Å². The van der Waals surface area contributed by atoms with Gasteiger partial charge in [-0.1, -0.05) is 36.2 Å². The van der Waals surface area contributed by atoms with E-state index in [9.17, 15) is 4.79 Å². The van der Waals surface area contributed by atoms with Crippen LogP contribution in [0.15, 0.2) is 0 Å². The van der Waals surface area contributed by atoms with Crippen LogP contribution in [0.3, 0.4) is 0 Å². The number of amides is 1. The molecule has 0 radical (unpaired) electrons. The van der Waals surface area contributed by atoms with Crippen LogP contribution in [0.2, 0.25) is 0 Å². The summed E-state index contributed by atoms with van der Waals surface area (Å²) in [5, 5.41) is 3.93. The van der Waals surface area contributed by atoms with Crippen LogP contribution < -0.4 is 5.32 Å². The van der Waals surface area contributed by atoms with E-state index in [1.807, 2.05) is 6.92 Å². The molecule has 0 rings (SSSR count). The third-order valence-corrected chi connectivity index (χ3v) is 2.84. The number of alkyl halides is 1. The van der Waals surface area contributed by atoms with Crippen molar-refractivity contribution >= 4 is 21.8 Å². The Morgan fingerprint density at radius 3 is 2.62 bits per heavy atom. The summed E-state index contributed by atoms with van der Waals surface area (Å²) in [5.41, 5.74) is 0. The summed E-state index contributed by atoms with van der Waals surface area (Å²) in [6.45, 7) is 5.83. The Labute approximate surface area is 107 Å². The molecule has 1 amide bonds. The average Bonchev–Trinajstić information content (AvgIpc) is 2.27. The van der Waals surface area contributed by atoms with Gasteiger partial charge in [0.1, 0.15) is 6.61 Å². The quantitative estimate of drug-likeness (QED) is 0.497. The van der Waals surface area contributed by atoms with E-state index in [2.05, 4.69) is 28.2 Å². The first-order chi connectivity index (χ1) is 7.74. The lowest BCUT2D eigenvalue weighted by atomic mass is 10.0. The van der Waals surface area contributed by atoms with Gasteiger partial charge in [0.25, 0.3) is 0 Å². The maximum atomic E-state index is 11.4. The molecule has 0 aromatic rings. The van der Waals surface area contributed by atoms with Crippen molar-refractivity contribution in [3.63, 3.8) is 0 Å². The van der Waals surface area contributed by atoms with E-state index in [0.717, 1.165) is 24.7 Å². The van der Waals surface area contributed by atoms with E-state index < -0.39 is 0 Å². The summed E-state index contributed by atoms with van der Waals surface area (Å²) in [6, 6.07) is 0. The highest BCUT2D eigenvalue weighted by Crippen LogP contribution is 2.11. The molecule has 1 unspecified atom stereocenters. The molecule has 16 heavy (non-hydrogen) atoms. The third-order valence-electron chi connectivity index (χ3n) is 2.38. The number of halogens is 1. The van der Waals surface area contributed by atoms with Gasteiger partial charge in [-0.3, -0.25) is 4.79 Å². The Hall–Kier alpha value is -0.0900. The number of ether oxygens (including phenoxy) is 1. The predicted octanol–water partition coefficient (Wildman–Crippen LogP) is 2.73. The minimum atomic E-state index is 0.00382. The van der Waals surface area contributed by atoms with E-state index in [1.165, 1.54) is 12.8 Å². The van der Waals surface area contributed by atoms with Gasteiger partial charge in [-0.05, 0) is 25.2 Å². The molecule has 0 bridgehead atoms. The molecule has 4 heteroatoms. The molecule has 0 aliphatic heterocycles. The highest BCUT2D eigenvalue weighted by molar-refractivity contribution is 9.09. The molecule has 1 atom stereocenters. The number of nitrogens with one attached hydrogen (secondary N) is 1. The Morgan fingerprint density at radius 1 is 1.31 bits per heavy atom. The van der Waals surface area contributed by atoms with Crippen LogP contribution >= 0.6 is 15.9 Å². The van der Waals surface area contributed by atoms with Crippen molar-refractivity contribution < 1.29 is 9.53 Å². The molecule has 0 aromatic carbocycles. The summed E-state index contributed by atoms with van der Waals surface area (Å²) in [4.78, 5) is 11.4. The lowest BCUT2D eigenvalue weighted by molar-refractivity contribution is -0.125. The minimum absolute atomic E-state index is 0.00382. The summed E-state index contributed by atoms with van der Waals surface area (Å²) in [7, 11) is 0. The van der Waals surface area contributed by atoms with Crippen molar-refractivity contribution in [2.24, 2.45) is 5.92 Å². The van der Waals surface area contributed by atoms with Crippen LogP contribution in [-0.4, -0.2) is 31.0 Å². The molecular formula is C12H24BrNO2. The van der Waals surface area contributed by atoms with Gasteiger partial charge in [0.15, 0.2) is 0 Å². The largest absolute Gasteiger partial charge is 0.372 e. The van der Waals surface area contributed by atoms with Gasteiger partial charge in [0.05, 0.1) is 0 Å². The number of rotatable bonds is 10. The van der Waals surface area contributed by atoms with Crippen molar-refractivity contribution in [3.05, 3.63) is 0 Å². The first-order valence-electron chi connectivity index (χ1n) is 6.14. The maximum absolute atomic E-state index is 11.4. The summed E-state index contributed by atoms with van der Waals surface area (Å²) in [6.07, 6.45) is 4.40. The summed E-state index contributed by atoms with van der Waals surface area (Å²) >= 11 is 3.44. The molecule has 0 aliphatic carbocycles. The van der Waals surface area contributed by atoms with E-state index in [-0.39, 0.29) is 12.5 Å². The number of carbonyl (C=O) groups excluding carboxylic acids is 1. The maximum Gasteiger partial charge on any atom is 0.246 e. The fraction of sp³-hybridized carbons (Fsp3) is 0.917. The highest BCUT2D eigenvalue weighted by Gasteiger charge is 2.08. The Kier molecular flexibility index (Phi) is 11.3. The highest BCUT2D eigenvalue weighted by atomic mass is 79.9. The number of hydrogen-bond acceptors (Lipinski definition) is 2. The fourth-order valence-corrected chi connectivity index (χ4v) is 2.18. The molecule has 3 nitrogen and oxygen atoms in total. The van der Waals surface area contributed by atoms with E-state index in [0.29, 0.717) is 12.5 Å².